The Morgan fingerprint density at radius 1 is 1.09 bits per heavy atom. The van der Waals surface area contributed by atoms with Crippen molar-refractivity contribution in [2.45, 2.75) is 0 Å². The smallest absolute Gasteiger partial charge is 0.101 e. The molecule has 0 aliphatic heterocycles. The van der Waals surface area contributed by atoms with Crippen molar-refractivity contribution < 1.29 is 0 Å². The summed E-state index contributed by atoms with van der Waals surface area (Å²) in [5, 5.41) is 17.0. The van der Waals surface area contributed by atoms with Crippen LogP contribution < -0.4 is 5.73 Å². The van der Waals surface area contributed by atoms with E-state index in [1.54, 1.807) is 18.2 Å². The minimum Gasteiger partial charge on any atom is -0.397 e. The minimum atomic E-state index is 0.262. The molecule has 11 heavy (non-hydrogen) atoms. The fourth-order valence-corrected chi connectivity index (χ4v) is 0.760. The molecule has 0 bridgehead atoms. The van der Waals surface area contributed by atoms with E-state index in [0.717, 1.165) is 0 Å². The van der Waals surface area contributed by atoms with Crippen molar-refractivity contribution in [2.75, 3.05) is 5.73 Å². The van der Waals surface area contributed by atoms with Crippen LogP contribution in [0.4, 0.5) is 5.69 Å². The number of nitrogens with zero attached hydrogens (tertiary/aromatic N) is 2. The van der Waals surface area contributed by atoms with Crippen molar-refractivity contribution >= 4 is 5.69 Å². The third kappa shape index (κ3) is 1.12. The number of rotatable bonds is 0. The van der Waals surface area contributed by atoms with Gasteiger partial charge >= 0.3 is 0 Å². The molecular weight excluding hydrogens is 138 g/mol. The van der Waals surface area contributed by atoms with Gasteiger partial charge in [0.2, 0.25) is 0 Å². The van der Waals surface area contributed by atoms with Gasteiger partial charge < -0.3 is 5.73 Å². The molecule has 0 spiro atoms. The summed E-state index contributed by atoms with van der Waals surface area (Å²) in [6.45, 7) is 0. The van der Waals surface area contributed by atoms with Crippen LogP contribution in [0.3, 0.4) is 0 Å². The highest BCUT2D eigenvalue weighted by atomic mass is 14.6. The van der Waals surface area contributed by atoms with E-state index in [-0.39, 0.29) is 5.69 Å². The van der Waals surface area contributed by atoms with Crippen molar-refractivity contribution in [2.24, 2.45) is 0 Å². The van der Waals surface area contributed by atoms with E-state index in [9.17, 15) is 0 Å². The molecular formula is C8H5N3. The first-order valence-electron chi connectivity index (χ1n) is 2.98. The van der Waals surface area contributed by atoms with Crippen LogP contribution in [0.25, 0.3) is 0 Å². The molecule has 1 aromatic carbocycles. The molecule has 2 N–H and O–H groups in total. The monoisotopic (exact) mass is 143 g/mol. The van der Waals surface area contributed by atoms with Gasteiger partial charge in [0.25, 0.3) is 0 Å². The molecule has 1 rings (SSSR count). The molecule has 0 aromatic heterocycles. The second-order valence-corrected chi connectivity index (χ2v) is 1.99. The summed E-state index contributed by atoms with van der Waals surface area (Å²) in [6.07, 6.45) is 0. The van der Waals surface area contributed by atoms with Crippen LogP contribution in [0.15, 0.2) is 18.2 Å². The summed E-state index contributed by atoms with van der Waals surface area (Å²) >= 11 is 0. The van der Waals surface area contributed by atoms with Gasteiger partial charge in [0, 0.05) is 0 Å². The standard InChI is InChI=1S/C8H5N3/c9-4-6-2-1-3-7(5-10)8(6)11/h1-3H,11H2. The molecule has 3 nitrogen and oxygen atoms in total. The molecule has 0 unspecified atom stereocenters. The average Bonchev–Trinajstić information content (AvgIpc) is 2.05. The number of benzene rings is 1. The summed E-state index contributed by atoms with van der Waals surface area (Å²) < 4.78 is 0. The molecule has 0 atom stereocenters. The van der Waals surface area contributed by atoms with Gasteiger partial charge in [-0.15, -0.1) is 0 Å². The Kier molecular flexibility index (Phi) is 1.76. The number of anilines is 1. The van der Waals surface area contributed by atoms with E-state index >= 15 is 0 Å². The summed E-state index contributed by atoms with van der Waals surface area (Å²) in [5.74, 6) is 0. The summed E-state index contributed by atoms with van der Waals surface area (Å²) in [7, 11) is 0. The van der Waals surface area contributed by atoms with Crippen LogP contribution in [-0.4, -0.2) is 0 Å². The van der Waals surface area contributed by atoms with E-state index in [0.29, 0.717) is 11.1 Å². The maximum atomic E-state index is 8.50. The van der Waals surface area contributed by atoms with E-state index < -0.39 is 0 Å². The Morgan fingerprint density at radius 2 is 1.55 bits per heavy atom. The molecule has 3 heteroatoms. The highest BCUT2D eigenvalue weighted by Gasteiger charge is 2.01. The van der Waals surface area contributed by atoms with Crippen molar-refractivity contribution in [3.63, 3.8) is 0 Å². The fourth-order valence-electron chi connectivity index (χ4n) is 0.760. The van der Waals surface area contributed by atoms with Crippen LogP contribution in [0, 0.1) is 22.7 Å². The Bertz CT molecular complexity index is 322. The number of hydrogen-bond acceptors (Lipinski definition) is 3. The topological polar surface area (TPSA) is 73.6 Å². The Morgan fingerprint density at radius 3 is 1.91 bits per heavy atom. The molecule has 0 aliphatic rings. The fraction of sp³-hybridized carbons (Fsp3) is 0. The first-order chi connectivity index (χ1) is 5.29. The molecule has 0 fully saturated rings. The molecule has 0 saturated heterocycles. The Hall–Kier alpha value is -2.00. The van der Waals surface area contributed by atoms with Gasteiger partial charge in [-0.3, -0.25) is 0 Å². The molecule has 0 amide bonds. The quantitative estimate of drug-likeness (QED) is 0.551. The second-order valence-electron chi connectivity index (χ2n) is 1.99. The van der Waals surface area contributed by atoms with E-state index in [1.807, 2.05) is 12.1 Å². The lowest BCUT2D eigenvalue weighted by atomic mass is 10.1. The summed E-state index contributed by atoms with van der Waals surface area (Å²) in [5.41, 5.74) is 6.42. The number of hydrogen-bond donors (Lipinski definition) is 1. The third-order valence-electron chi connectivity index (χ3n) is 1.35. The van der Waals surface area contributed by atoms with Crippen molar-refractivity contribution in [3.8, 4) is 12.1 Å². The zero-order chi connectivity index (χ0) is 8.27. The Balaban J connectivity index is 3.38. The van der Waals surface area contributed by atoms with Gasteiger partial charge in [-0.1, -0.05) is 6.07 Å². The maximum absolute atomic E-state index is 8.50. The summed E-state index contributed by atoms with van der Waals surface area (Å²) in [4.78, 5) is 0. The largest absolute Gasteiger partial charge is 0.397 e. The molecule has 52 valence electrons. The van der Waals surface area contributed by atoms with Crippen LogP contribution in [0.2, 0.25) is 0 Å². The van der Waals surface area contributed by atoms with E-state index in [2.05, 4.69) is 0 Å². The van der Waals surface area contributed by atoms with Crippen LogP contribution in [0.1, 0.15) is 11.1 Å². The minimum absolute atomic E-state index is 0.262. The van der Waals surface area contributed by atoms with Gasteiger partial charge in [-0.25, -0.2) is 0 Å². The first-order valence-corrected chi connectivity index (χ1v) is 2.98. The first kappa shape index (κ1) is 7.11. The highest BCUT2D eigenvalue weighted by Crippen LogP contribution is 2.14. The average molecular weight is 143 g/mol. The molecule has 0 radical (unpaired) electrons. The van der Waals surface area contributed by atoms with Crippen molar-refractivity contribution in [1.29, 1.82) is 10.5 Å². The third-order valence-corrected chi connectivity index (χ3v) is 1.35. The molecule has 0 heterocycles. The zero-order valence-corrected chi connectivity index (χ0v) is 5.70. The van der Waals surface area contributed by atoms with Gasteiger partial charge in [0.15, 0.2) is 0 Å². The lowest BCUT2D eigenvalue weighted by Crippen LogP contribution is -1.93. The Labute approximate surface area is 64.3 Å². The van der Waals surface area contributed by atoms with Crippen LogP contribution in [0.5, 0.6) is 0 Å². The molecule has 0 saturated carbocycles. The summed E-state index contributed by atoms with van der Waals surface area (Å²) in [6, 6.07) is 8.58. The second kappa shape index (κ2) is 2.72. The zero-order valence-electron chi connectivity index (χ0n) is 5.70. The molecule has 1 aromatic rings. The van der Waals surface area contributed by atoms with E-state index in [1.165, 1.54) is 0 Å². The van der Waals surface area contributed by atoms with E-state index in [4.69, 9.17) is 16.3 Å². The SMILES string of the molecule is N#Cc1cccc(C#N)c1N. The normalized spacial score (nSPS) is 8.18. The van der Waals surface area contributed by atoms with Gasteiger partial charge in [0.1, 0.15) is 12.1 Å². The van der Waals surface area contributed by atoms with Gasteiger partial charge in [0.05, 0.1) is 16.8 Å². The predicted molar refractivity (Wildman–Crippen MR) is 40.3 cm³/mol. The lowest BCUT2D eigenvalue weighted by Gasteiger charge is -1.96. The highest BCUT2D eigenvalue weighted by molar-refractivity contribution is 5.63. The molecule has 0 aliphatic carbocycles. The maximum Gasteiger partial charge on any atom is 0.101 e. The number of nitrogens with two attached hydrogens (primary N) is 1. The van der Waals surface area contributed by atoms with Crippen molar-refractivity contribution in [3.05, 3.63) is 29.3 Å². The predicted octanol–water partition coefficient (Wildman–Crippen LogP) is 1.01. The van der Waals surface area contributed by atoms with Crippen LogP contribution >= 0.6 is 0 Å². The lowest BCUT2D eigenvalue weighted by molar-refractivity contribution is 1.45. The van der Waals surface area contributed by atoms with Crippen LogP contribution in [-0.2, 0) is 0 Å². The van der Waals surface area contributed by atoms with Crippen molar-refractivity contribution in [1.82, 2.24) is 0 Å². The van der Waals surface area contributed by atoms with Gasteiger partial charge in [-0.2, -0.15) is 10.5 Å². The number of nitriles is 2. The number of para-hydroxylation sites is 1. The van der Waals surface area contributed by atoms with Gasteiger partial charge in [-0.05, 0) is 12.1 Å². The number of nitrogen functional groups attached to an aromatic ring is 1.